The Balaban J connectivity index is 0.00000361. The molecule has 3 aromatic rings. The SMILES string of the molecule is CNCCC(=O)OCC1C[C@H](c2ccc3cc(-c4ccccc4C(F)(F)F)[nH]c(=O)c3c2)C(=O)N1.Cl. The van der Waals surface area contributed by atoms with Crippen molar-refractivity contribution in [1.82, 2.24) is 15.6 Å². The quantitative estimate of drug-likeness (QED) is 0.409. The number of alkyl halides is 3. The second-order valence-electron chi connectivity index (χ2n) is 8.43. The number of aromatic nitrogens is 1. The zero-order valence-electron chi connectivity index (χ0n) is 19.3. The maximum Gasteiger partial charge on any atom is 0.417 e. The molecule has 1 fully saturated rings. The average molecular weight is 524 g/mol. The molecule has 1 aromatic heterocycles. The number of fused-ring (bicyclic) bond motifs is 1. The summed E-state index contributed by atoms with van der Waals surface area (Å²) in [5, 5.41) is 6.38. The van der Waals surface area contributed by atoms with Gasteiger partial charge in [0.2, 0.25) is 5.91 Å². The molecule has 2 atom stereocenters. The van der Waals surface area contributed by atoms with E-state index in [0.717, 1.165) is 6.07 Å². The summed E-state index contributed by atoms with van der Waals surface area (Å²) >= 11 is 0. The monoisotopic (exact) mass is 523 g/mol. The molecule has 1 saturated heterocycles. The Morgan fingerprint density at radius 3 is 2.61 bits per heavy atom. The minimum absolute atomic E-state index is 0. The van der Waals surface area contributed by atoms with Crippen LogP contribution < -0.4 is 16.2 Å². The van der Waals surface area contributed by atoms with Crippen molar-refractivity contribution in [2.24, 2.45) is 0 Å². The second-order valence-corrected chi connectivity index (χ2v) is 8.43. The third-order valence-corrected chi connectivity index (χ3v) is 6.00. The van der Waals surface area contributed by atoms with Gasteiger partial charge in [-0.25, -0.2) is 0 Å². The number of H-pyrrole nitrogens is 1. The van der Waals surface area contributed by atoms with Gasteiger partial charge in [0.15, 0.2) is 0 Å². The fourth-order valence-electron chi connectivity index (χ4n) is 4.25. The summed E-state index contributed by atoms with van der Waals surface area (Å²) in [5.41, 5.74) is -0.850. The number of halogens is 4. The predicted octanol–water partition coefficient (Wildman–Crippen LogP) is 3.76. The van der Waals surface area contributed by atoms with Crippen LogP contribution in [0.15, 0.2) is 53.3 Å². The summed E-state index contributed by atoms with van der Waals surface area (Å²) in [5.74, 6) is -1.14. The normalized spacial score (nSPS) is 17.5. The lowest BCUT2D eigenvalue weighted by molar-refractivity contribution is -0.144. The number of hydrogen-bond acceptors (Lipinski definition) is 5. The van der Waals surface area contributed by atoms with Crippen LogP contribution in [0.3, 0.4) is 0 Å². The minimum Gasteiger partial charge on any atom is -0.463 e. The summed E-state index contributed by atoms with van der Waals surface area (Å²) in [7, 11) is 1.73. The fourth-order valence-corrected chi connectivity index (χ4v) is 4.25. The Hall–Kier alpha value is -3.37. The van der Waals surface area contributed by atoms with Crippen LogP contribution in [0.5, 0.6) is 0 Å². The predicted molar refractivity (Wildman–Crippen MR) is 131 cm³/mol. The number of nitrogens with one attached hydrogen (secondary N) is 3. The van der Waals surface area contributed by atoms with Crippen LogP contribution in [0, 0.1) is 0 Å². The van der Waals surface area contributed by atoms with Crippen molar-refractivity contribution < 1.29 is 27.5 Å². The van der Waals surface area contributed by atoms with E-state index in [1.807, 2.05) is 0 Å². The number of hydrogen-bond donors (Lipinski definition) is 3. The van der Waals surface area contributed by atoms with Crippen molar-refractivity contribution in [2.75, 3.05) is 20.2 Å². The van der Waals surface area contributed by atoms with Crippen molar-refractivity contribution in [1.29, 1.82) is 0 Å². The van der Waals surface area contributed by atoms with Crippen molar-refractivity contribution in [3.8, 4) is 11.3 Å². The van der Waals surface area contributed by atoms with Crippen molar-refractivity contribution in [3.05, 3.63) is 70.0 Å². The minimum atomic E-state index is -4.57. The van der Waals surface area contributed by atoms with Gasteiger partial charge in [0.1, 0.15) is 6.61 Å². The maximum absolute atomic E-state index is 13.4. The molecule has 0 radical (unpaired) electrons. The lowest BCUT2D eigenvalue weighted by Gasteiger charge is -2.14. The largest absolute Gasteiger partial charge is 0.463 e. The molecule has 0 spiro atoms. The highest BCUT2D eigenvalue weighted by Crippen LogP contribution is 2.37. The third-order valence-electron chi connectivity index (χ3n) is 6.00. The van der Waals surface area contributed by atoms with E-state index in [9.17, 15) is 27.6 Å². The molecule has 192 valence electrons. The van der Waals surface area contributed by atoms with Crippen LogP contribution in [0.25, 0.3) is 22.0 Å². The first-order valence-corrected chi connectivity index (χ1v) is 11.1. The third kappa shape index (κ3) is 5.88. The van der Waals surface area contributed by atoms with Crippen LogP contribution in [0.2, 0.25) is 0 Å². The van der Waals surface area contributed by atoms with E-state index >= 15 is 0 Å². The lowest BCUT2D eigenvalue weighted by Crippen LogP contribution is -2.31. The van der Waals surface area contributed by atoms with E-state index in [4.69, 9.17) is 4.74 Å². The van der Waals surface area contributed by atoms with E-state index in [1.165, 1.54) is 24.3 Å². The average Bonchev–Trinajstić information content (AvgIpc) is 3.21. The van der Waals surface area contributed by atoms with E-state index < -0.39 is 23.2 Å². The van der Waals surface area contributed by atoms with Gasteiger partial charge >= 0.3 is 12.1 Å². The highest BCUT2D eigenvalue weighted by molar-refractivity contribution is 5.90. The van der Waals surface area contributed by atoms with Crippen LogP contribution in [0.4, 0.5) is 13.2 Å². The molecule has 1 aliphatic rings. The Labute approximate surface area is 210 Å². The first kappa shape index (κ1) is 27.2. The molecule has 2 heterocycles. The molecule has 36 heavy (non-hydrogen) atoms. The van der Waals surface area contributed by atoms with E-state index in [-0.39, 0.29) is 60.0 Å². The number of amides is 1. The van der Waals surface area contributed by atoms with Crippen LogP contribution >= 0.6 is 12.4 Å². The number of carbonyl (C=O) groups excluding carboxylic acids is 2. The Kier molecular flexibility index (Phi) is 8.42. The molecule has 3 N–H and O–H groups in total. The summed E-state index contributed by atoms with van der Waals surface area (Å²) in [4.78, 5) is 39.6. The zero-order valence-corrected chi connectivity index (χ0v) is 20.1. The van der Waals surface area contributed by atoms with Crippen molar-refractivity contribution in [3.63, 3.8) is 0 Å². The molecule has 1 unspecified atom stereocenters. The first-order valence-electron chi connectivity index (χ1n) is 11.1. The van der Waals surface area contributed by atoms with Crippen molar-refractivity contribution >= 4 is 35.1 Å². The van der Waals surface area contributed by atoms with Gasteiger partial charge in [-0.2, -0.15) is 13.2 Å². The number of carbonyl (C=O) groups is 2. The van der Waals surface area contributed by atoms with Gasteiger partial charge in [-0.05, 0) is 42.6 Å². The molecule has 1 amide bonds. The van der Waals surface area contributed by atoms with E-state index in [0.29, 0.717) is 23.9 Å². The highest BCUT2D eigenvalue weighted by Gasteiger charge is 2.35. The number of pyridine rings is 1. The first-order chi connectivity index (χ1) is 16.7. The van der Waals surface area contributed by atoms with Gasteiger partial charge in [-0.1, -0.05) is 30.3 Å². The number of aromatic amines is 1. The Morgan fingerprint density at radius 1 is 1.14 bits per heavy atom. The van der Waals surface area contributed by atoms with Gasteiger partial charge in [0.05, 0.1) is 23.9 Å². The maximum atomic E-state index is 13.4. The van der Waals surface area contributed by atoms with Gasteiger partial charge in [-0.15, -0.1) is 12.4 Å². The second kappa shape index (κ2) is 11.1. The molecule has 2 aromatic carbocycles. The van der Waals surface area contributed by atoms with Gasteiger partial charge < -0.3 is 20.4 Å². The molecule has 11 heteroatoms. The molecule has 0 saturated carbocycles. The van der Waals surface area contributed by atoms with E-state index in [2.05, 4.69) is 15.6 Å². The number of rotatable bonds is 7. The van der Waals surface area contributed by atoms with Gasteiger partial charge in [0, 0.05) is 23.2 Å². The van der Waals surface area contributed by atoms with Gasteiger partial charge in [-0.3, -0.25) is 14.4 Å². The molecule has 7 nitrogen and oxygen atoms in total. The van der Waals surface area contributed by atoms with E-state index in [1.54, 1.807) is 25.2 Å². The van der Waals surface area contributed by atoms with Gasteiger partial charge in [0.25, 0.3) is 5.56 Å². The topological polar surface area (TPSA) is 100 Å². The van der Waals surface area contributed by atoms with Crippen molar-refractivity contribution in [2.45, 2.75) is 31.0 Å². The number of esters is 1. The van der Waals surface area contributed by atoms with Crippen LogP contribution in [-0.2, 0) is 20.5 Å². The van der Waals surface area contributed by atoms with Crippen LogP contribution in [-0.4, -0.2) is 43.1 Å². The molecule has 0 bridgehead atoms. The number of ether oxygens (including phenoxy) is 1. The Morgan fingerprint density at radius 2 is 1.89 bits per heavy atom. The molecular weight excluding hydrogens is 499 g/mol. The Bertz CT molecular complexity index is 1330. The fraction of sp³-hybridized carbons (Fsp3) is 0.320. The standard InChI is InChI=1S/C25H24F3N3O4.ClH/c1-29-9-8-22(32)35-13-16-12-19(23(33)30-16)14-6-7-15-11-21(31-24(34)18(15)10-14)17-4-2-3-5-20(17)25(26,27)28;/h2-7,10-11,16,19,29H,8-9,12-13H2,1H3,(H,30,33)(H,31,34);1H/t16?,19-;/m1./s1. The molecule has 4 rings (SSSR count). The summed E-state index contributed by atoms with van der Waals surface area (Å²) < 4.78 is 45.5. The number of benzene rings is 2. The van der Waals surface area contributed by atoms with Crippen LogP contribution in [0.1, 0.15) is 29.9 Å². The summed E-state index contributed by atoms with van der Waals surface area (Å²) in [6.45, 7) is 0.550. The summed E-state index contributed by atoms with van der Waals surface area (Å²) in [6.07, 6.45) is -3.96. The molecule has 0 aliphatic carbocycles. The zero-order chi connectivity index (χ0) is 25.2. The molecular formula is C25H25ClF3N3O4. The highest BCUT2D eigenvalue weighted by atomic mass is 35.5. The smallest absolute Gasteiger partial charge is 0.417 e. The summed E-state index contributed by atoms with van der Waals surface area (Å²) in [6, 6.07) is 11.1. The molecule has 1 aliphatic heterocycles. The lowest BCUT2D eigenvalue weighted by atomic mass is 9.93.